The van der Waals surface area contributed by atoms with Crippen molar-refractivity contribution in [2.45, 2.75) is 65.8 Å². The molecule has 0 radical (unpaired) electrons. The average Bonchev–Trinajstić information content (AvgIpc) is 3.20. The van der Waals surface area contributed by atoms with E-state index in [4.69, 9.17) is 4.98 Å². The highest BCUT2D eigenvalue weighted by molar-refractivity contribution is 5.56. The van der Waals surface area contributed by atoms with Crippen molar-refractivity contribution in [2.75, 3.05) is 5.32 Å². The fourth-order valence-electron chi connectivity index (χ4n) is 3.00. The zero-order valence-electron chi connectivity index (χ0n) is 14.4. The zero-order chi connectivity index (χ0) is 15.9. The highest BCUT2D eigenvalue weighted by Crippen LogP contribution is 2.43. The third-order valence-corrected chi connectivity index (χ3v) is 4.38. The summed E-state index contributed by atoms with van der Waals surface area (Å²) in [6.45, 7) is 11.5. The summed E-state index contributed by atoms with van der Waals surface area (Å²) in [5.74, 6) is 2.39. The monoisotopic (exact) mass is 300 g/mol. The van der Waals surface area contributed by atoms with Gasteiger partial charge in [0, 0.05) is 24.4 Å². The van der Waals surface area contributed by atoms with E-state index in [1.54, 1.807) is 0 Å². The van der Waals surface area contributed by atoms with Crippen LogP contribution < -0.4 is 5.32 Å². The minimum atomic E-state index is 0.309. The molecule has 0 aliphatic heterocycles. The van der Waals surface area contributed by atoms with Gasteiger partial charge in [-0.05, 0) is 30.6 Å². The van der Waals surface area contributed by atoms with Crippen molar-refractivity contribution < 1.29 is 0 Å². The molecule has 1 atom stereocenters. The molecule has 120 valence electrons. The van der Waals surface area contributed by atoms with Crippen molar-refractivity contribution in [3.63, 3.8) is 0 Å². The molecular weight excluding hydrogens is 272 g/mol. The standard InChI is InChI=1S/C18H28N4/c1-12(2)14(10-18(3,4)5)20-17-16(13-6-7-13)21-15-11-19-8-9-22(15)17/h8-9,11-14,20H,6-7,10H2,1-5H3. The molecule has 1 aliphatic carbocycles. The van der Waals surface area contributed by atoms with Crippen molar-refractivity contribution in [2.24, 2.45) is 11.3 Å². The van der Waals surface area contributed by atoms with Gasteiger partial charge in [0.15, 0.2) is 5.65 Å². The van der Waals surface area contributed by atoms with Crippen molar-refractivity contribution in [1.29, 1.82) is 0 Å². The van der Waals surface area contributed by atoms with Crippen LogP contribution in [0.25, 0.3) is 5.65 Å². The fourth-order valence-corrected chi connectivity index (χ4v) is 3.00. The van der Waals surface area contributed by atoms with Gasteiger partial charge in [-0.2, -0.15) is 0 Å². The Bertz CT molecular complexity index is 647. The second kappa shape index (κ2) is 5.56. The van der Waals surface area contributed by atoms with E-state index in [-0.39, 0.29) is 0 Å². The SMILES string of the molecule is CC(C)C(CC(C)(C)C)Nc1c(C2CC2)nc2cnccn12. The summed E-state index contributed by atoms with van der Waals surface area (Å²) < 4.78 is 2.17. The van der Waals surface area contributed by atoms with Crippen molar-refractivity contribution in [3.8, 4) is 0 Å². The molecule has 1 fully saturated rings. The van der Waals surface area contributed by atoms with Crippen LogP contribution in [0, 0.1) is 11.3 Å². The Morgan fingerprint density at radius 1 is 1.32 bits per heavy atom. The number of imidazole rings is 1. The molecule has 1 aliphatic rings. The van der Waals surface area contributed by atoms with Crippen LogP contribution in [0.3, 0.4) is 0 Å². The lowest BCUT2D eigenvalue weighted by Crippen LogP contribution is -2.31. The molecule has 1 saturated carbocycles. The maximum atomic E-state index is 4.82. The van der Waals surface area contributed by atoms with Gasteiger partial charge in [-0.25, -0.2) is 4.98 Å². The Kier molecular flexibility index (Phi) is 3.87. The third-order valence-electron chi connectivity index (χ3n) is 4.38. The molecule has 2 aromatic heterocycles. The van der Waals surface area contributed by atoms with Gasteiger partial charge in [-0.1, -0.05) is 34.6 Å². The zero-order valence-corrected chi connectivity index (χ0v) is 14.4. The van der Waals surface area contributed by atoms with E-state index in [1.165, 1.54) is 24.4 Å². The van der Waals surface area contributed by atoms with E-state index in [0.29, 0.717) is 23.3 Å². The van der Waals surface area contributed by atoms with Crippen LogP contribution in [0.1, 0.15) is 65.5 Å². The summed E-state index contributed by atoms with van der Waals surface area (Å²) in [7, 11) is 0. The summed E-state index contributed by atoms with van der Waals surface area (Å²) in [5.41, 5.74) is 2.49. The molecule has 0 amide bonds. The fraction of sp³-hybridized carbons (Fsp3) is 0.667. The lowest BCUT2D eigenvalue weighted by atomic mass is 9.84. The van der Waals surface area contributed by atoms with Gasteiger partial charge in [-0.3, -0.25) is 9.38 Å². The maximum absolute atomic E-state index is 4.82. The Morgan fingerprint density at radius 3 is 2.64 bits per heavy atom. The average molecular weight is 300 g/mol. The molecule has 0 bridgehead atoms. The second-order valence-corrected chi connectivity index (χ2v) is 8.18. The van der Waals surface area contributed by atoms with Crippen LogP contribution in [0.5, 0.6) is 0 Å². The first kappa shape index (κ1) is 15.3. The van der Waals surface area contributed by atoms with Crippen molar-refractivity contribution >= 4 is 11.5 Å². The number of hydrogen-bond acceptors (Lipinski definition) is 3. The molecule has 0 saturated heterocycles. The summed E-state index contributed by atoms with van der Waals surface area (Å²) >= 11 is 0. The van der Waals surface area contributed by atoms with Crippen LogP contribution in [-0.4, -0.2) is 20.4 Å². The van der Waals surface area contributed by atoms with Crippen LogP contribution in [0.2, 0.25) is 0 Å². The predicted octanol–water partition coefficient (Wildman–Crippen LogP) is 4.48. The molecule has 0 aromatic carbocycles. The molecule has 1 N–H and O–H groups in total. The first-order chi connectivity index (χ1) is 10.3. The minimum Gasteiger partial charge on any atom is -0.367 e. The molecule has 4 heteroatoms. The number of fused-ring (bicyclic) bond motifs is 1. The number of nitrogens with one attached hydrogen (secondary N) is 1. The molecule has 4 nitrogen and oxygen atoms in total. The second-order valence-electron chi connectivity index (χ2n) is 8.18. The lowest BCUT2D eigenvalue weighted by molar-refractivity contribution is 0.314. The number of nitrogens with zero attached hydrogens (tertiary/aromatic N) is 3. The predicted molar refractivity (Wildman–Crippen MR) is 91.3 cm³/mol. The Morgan fingerprint density at radius 2 is 2.05 bits per heavy atom. The first-order valence-electron chi connectivity index (χ1n) is 8.43. The van der Waals surface area contributed by atoms with Crippen LogP contribution in [0.15, 0.2) is 18.6 Å². The van der Waals surface area contributed by atoms with Crippen LogP contribution >= 0.6 is 0 Å². The van der Waals surface area contributed by atoms with Crippen LogP contribution in [0.4, 0.5) is 5.82 Å². The molecule has 22 heavy (non-hydrogen) atoms. The van der Waals surface area contributed by atoms with E-state index >= 15 is 0 Å². The third kappa shape index (κ3) is 3.26. The molecule has 2 heterocycles. The summed E-state index contributed by atoms with van der Waals surface area (Å²) in [4.78, 5) is 9.03. The number of hydrogen-bond donors (Lipinski definition) is 1. The molecule has 2 aromatic rings. The van der Waals surface area contributed by atoms with Gasteiger partial charge in [-0.15, -0.1) is 0 Å². The normalized spacial score (nSPS) is 17.2. The lowest BCUT2D eigenvalue weighted by Gasteiger charge is -2.30. The van der Waals surface area contributed by atoms with Crippen LogP contribution in [-0.2, 0) is 0 Å². The van der Waals surface area contributed by atoms with Gasteiger partial charge in [0.05, 0.1) is 11.9 Å². The van der Waals surface area contributed by atoms with Crippen molar-refractivity contribution in [1.82, 2.24) is 14.4 Å². The molecular formula is C18H28N4. The summed E-state index contributed by atoms with van der Waals surface area (Å²) in [6.07, 6.45) is 9.38. The first-order valence-corrected chi connectivity index (χ1v) is 8.43. The number of anilines is 1. The Labute approximate surface area is 133 Å². The Balaban J connectivity index is 1.95. The van der Waals surface area contributed by atoms with E-state index in [2.05, 4.69) is 49.3 Å². The maximum Gasteiger partial charge on any atom is 0.157 e. The van der Waals surface area contributed by atoms with E-state index < -0.39 is 0 Å². The molecule has 0 spiro atoms. The van der Waals surface area contributed by atoms with Crippen molar-refractivity contribution in [3.05, 3.63) is 24.3 Å². The topological polar surface area (TPSA) is 42.2 Å². The van der Waals surface area contributed by atoms with E-state index in [9.17, 15) is 0 Å². The van der Waals surface area contributed by atoms with Gasteiger partial charge in [0.25, 0.3) is 0 Å². The minimum absolute atomic E-state index is 0.309. The Hall–Kier alpha value is -1.58. The van der Waals surface area contributed by atoms with E-state index in [1.807, 2.05) is 18.6 Å². The molecule has 1 unspecified atom stereocenters. The summed E-state index contributed by atoms with van der Waals surface area (Å²) in [5, 5.41) is 3.82. The largest absolute Gasteiger partial charge is 0.367 e. The number of aromatic nitrogens is 3. The van der Waals surface area contributed by atoms with Gasteiger partial charge in [0.1, 0.15) is 5.82 Å². The quantitative estimate of drug-likeness (QED) is 0.885. The smallest absolute Gasteiger partial charge is 0.157 e. The van der Waals surface area contributed by atoms with Gasteiger partial charge < -0.3 is 5.32 Å². The highest BCUT2D eigenvalue weighted by atomic mass is 15.2. The van der Waals surface area contributed by atoms with Gasteiger partial charge in [0.2, 0.25) is 0 Å². The highest BCUT2D eigenvalue weighted by Gasteiger charge is 2.32. The molecule has 3 rings (SSSR count). The van der Waals surface area contributed by atoms with Gasteiger partial charge >= 0.3 is 0 Å². The van der Waals surface area contributed by atoms with E-state index in [0.717, 1.165) is 12.1 Å². The summed E-state index contributed by atoms with van der Waals surface area (Å²) in [6, 6.07) is 0.450. The number of rotatable bonds is 5.